The second kappa shape index (κ2) is 6.62. The maximum Gasteiger partial charge on any atom is 0.0575 e. The second-order valence-electron chi connectivity index (χ2n) is 4.24. The quantitative estimate of drug-likeness (QED) is 0.690. The summed E-state index contributed by atoms with van der Waals surface area (Å²) in [6.45, 7) is 7.45. The van der Waals surface area contributed by atoms with Gasteiger partial charge in [-0.2, -0.15) is 0 Å². The molecular weight excluding hydrogens is 184 g/mol. The molecule has 1 heteroatoms. The van der Waals surface area contributed by atoms with Gasteiger partial charge in [0.25, 0.3) is 0 Å². The SMILES string of the molecule is CCCO[C@@H](C)C(C)Cc1ccccc1. The summed E-state index contributed by atoms with van der Waals surface area (Å²) >= 11 is 0. The van der Waals surface area contributed by atoms with E-state index in [2.05, 4.69) is 51.1 Å². The molecule has 1 nitrogen and oxygen atoms in total. The minimum Gasteiger partial charge on any atom is -0.378 e. The molecule has 0 aromatic heterocycles. The topological polar surface area (TPSA) is 9.23 Å². The summed E-state index contributed by atoms with van der Waals surface area (Å²) in [5, 5.41) is 0. The van der Waals surface area contributed by atoms with Crippen LogP contribution in [0.25, 0.3) is 0 Å². The van der Waals surface area contributed by atoms with Gasteiger partial charge in [0.2, 0.25) is 0 Å². The van der Waals surface area contributed by atoms with Crippen molar-refractivity contribution in [3.05, 3.63) is 35.9 Å². The average molecular weight is 206 g/mol. The Kier molecular flexibility index (Phi) is 5.41. The van der Waals surface area contributed by atoms with Crippen molar-refractivity contribution in [1.29, 1.82) is 0 Å². The minimum atomic E-state index is 0.352. The van der Waals surface area contributed by atoms with Crippen molar-refractivity contribution in [1.82, 2.24) is 0 Å². The van der Waals surface area contributed by atoms with Crippen molar-refractivity contribution in [2.24, 2.45) is 5.92 Å². The first-order chi connectivity index (χ1) is 7.24. The lowest BCUT2D eigenvalue weighted by atomic mass is 9.97. The number of ether oxygens (including phenoxy) is 1. The van der Waals surface area contributed by atoms with Crippen LogP contribution >= 0.6 is 0 Å². The van der Waals surface area contributed by atoms with E-state index in [0.717, 1.165) is 19.4 Å². The van der Waals surface area contributed by atoms with Gasteiger partial charge in [-0.3, -0.25) is 0 Å². The lowest BCUT2D eigenvalue weighted by molar-refractivity contribution is 0.0307. The highest BCUT2D eigenvalue weighted by Crippen LogP contribution is 2.14. The number of hydrogen-bond donors (Lipinski definition) is 0. The molecule has 0 heterocycles. The van der Waals surface area contributed by atoms with Crippen LogP contribution in [-0.4, -0.2) is 12.7 Å². The Bertz CT molecular complexity index is 255. The summed E-state index contributed by atoms with van der Waals surface area (Å²) in [5.74, 6) is 0.582. The van der Waals surface area contributed by atoms with Gasteiger partial charge in [-0.1, -0.05) is 44.2 Å². The first-order valence-electron chi connectivity index (χ1n) is 5.89. The molecule has 1 aromatic carbocycles. The summed E-state index contributed by atoms with van der Waals surface area (Å²) in [5.41, 5.74) is 1.40. The highest BCUT2D eigenvalue weighted by Gasteiger charge is 2.12. The van der Waals surface area contributed by atoms with E-state index >= 15 is 0 Å². The van der Waals surface area contributed by atoms with E-state index in [-0.39, 0.29) is 0 Å². The van der Waals surface area contributed by atoms with Crippen molar-refractivity contribution in [3.8, 4) is 0 Å². The predicted octanol–water partition coefficient (Wildman–Crippen LogP) is 3.68. The van der Waals surface area contributed by atoms with Crippen LogP contribution in [0.1, 0.15) is 32.8 Å². The Balaban J connectivity index is 2.38. The maximum absolute atomic E-state index is 5.73. The smallest absolute Gasteiger partial charge is 0.0575 e. The molecule has 84 valence electrons. The van der Waals surface area contributed by atoms with Crippen LogP contribution in [-0.2, 0) is 11.2 Å². The van der Waals surface area contributed by atoms with Crippen molar-refractivity contribution in [2.75, 3.05) is 6.61 Å². The van der Waals surface area contributed by atoms with Crippen LogP contribution in [0.2, 0.25) is 0 Å². The molecule has 1 rings (SSSR count). The fourth-order valence-electron chi connectivity index (χ4n) is 1.62. The van der Waals surface area contributed by atoms with Crippen molar-refractivity contribution >= 4 is 0 Å². The van der Waals surface area contributed by atoms with E-state index in [9.17, 15) is 0 Å². The van der Waals surface area contributed by atoms with E-state index < -0.39 is 0 Å². The molecular formula is C14H22O. The zero-order chi connectivity index (χ0) is 11.1. The molecule has 0 amide bonds. The third-order valence-electron chi connectivity index (χ3n) is 2.79. The van der Waals surface area contributed by atoms with Crippen LogP contribution < -0.4 is 0 Å². The maximum atomic E-state index is 5.73. The molecule has 1 aromatic rings. The fraction of sp³-hybridized carbons (Fsp3) is 0.571. The molecule has 0 aliphatic rings. The van der Waals surface area contributed by atoms with Crippen LogP contribution in [0, 0.1) is 5.92 Å². The van der Waals surface area contributed by atoms with E-state index in [4.69, 9.17) is 4.74 Å². The molecule has 0 bridgehead atoms. The van der Waals surface area contributed by atoms with Crippen molar-refractivity contribution in [3.63, 3.8) is 0 Å². The van der Waals surface area contributed by atoms with E-state index in [1.807, 2.05) is 0 Å². The lowest BCUT2D eigenvalue weighted by Gasteiger charge is -2.20. The van der Waals surface area contributed by atoms with E-state index in [1.165, 1.54) is 5.56 Å². The van der Waals surface area contributed by atoms with Crippen LogP contribution in [0.4, 0.5) is 0 Å². The molecule has 2 atom stereocenters. The fourth-order valence-corrected chi connectivity index (χ4v) is 1.62. The number of rotatable bonds is 6. The Morgan fingerprint density at radius 2 is 1.80 bits per heavy atom. The van der Waals surface area contributed by atoms with Gasteiger partial charge in [-0.15, -0.1) is 0 Å². The van der Waals surface area contributed by atoms with Gasteiger partial charge in [0.05, 0.1) is 6.10 Å². The Labute approximate surface area is 93.5 Å². The largest absolute Gasteiger partial charge is 0.378 e. The zero-order valence-electron chi connectivity index (χ0n) is 10.1. The molecule has 0 saturated heterocycles. The molecule has 0 aliphatic heterocycles. The Hall–Kier alpha value is -0.820. The van der Waals surface area contributed by atoms with Gasteiger partial charge < -0.3 is 4.74 Å². The van der Waals surface area contributed by atoms with Gasteiger partial charge in [0, 0.05) is 6.61 Å². The molecule has 0 spiro atoms. The van der Waals surface area contributed by atoms with E-state index in [1.54, 1.807) is 0 Å². The summed E-state index contributed by atoms with van der Waals surface area (Å²) in [6.07, 6.45) is 2.55. The first-order valence-corrected chi connectivity index (χ1v) is 5.89. The monoisotopic (exact) mass is 206 g/mol. The molecule has 0 fully saturated rings. The second-order valence-corrected chi connectivity index (χ2v) is 4.24. The molecule has 15 heavy (non-hydrogen) atoms. The summed E-state index contributed by atoms with van der Waals surface area (Å²) in [7, 11) is 0. The van der Waals surface area contributed by atoms with Gasteiger partial charge in [-0.25, -0.2) is 0 Å². The van der Waals surface area contributed by atoms with Gasteiger partial charge in [0.1, 0.15) is 0 Å². The van der Waals surface area contributed by atoms with Crippen molar-refractivity contribution in [2.45, 2.75) is 39.7 Å². The first kappa shape index (κ1) is 12.3. The van der Waals surface area contributed by atoms with Crippen LogP contribution in [0.15, 0.2) is 30.3 Å². The highest BCUT2D eigenvalue weighted by atomic mass is 16.5. The summed E-state index contributed by atoms with van der Waals surface area (Å²) in [6, 6.07) is 10.6. The Morgan fingerprint density at radius 3 is 2.40 bits per heavy atom. The Morgan fingerprint density at radius 1 is 1.13 bits per heavy atom. The van der Waals surface area contributed by atoms with Crippen LogP contribution in [0.5, 0.6) is 0 Å². The molecule has 0 aliphatic carbocycles. The molecule has 0 N–H and O–H groups in total. The highest BCUT2D eigenvalue weighted by molar-refractivity contribution is 5.15. The van der Waals surface area contributed by atoms with Crippen LogP contribution in [0.3, 0.4) is 0 Å². The molecule has 0 saturated carbocycles. The number of benzene rings is 1. The minimum absolute atomic E-state index is 0.352. The third kappa shape index (κ3) is 4.48. The summed E-state index contributed by atoms with van der Waals surface area (Å²) < 4.78 is 5.73. The van der Waals surface area contributed by atoms with E-state index in [0.29, 0.717) is 12.0 Å². The zero-order valence-corrected chi connectivity index (χ0v) is 10.1. The third-order valence-corrected chi connectivity index (χ3v) is 2.79. The van der Waals surface area contributed by atoms with Crippen molar-refractivity contribution < 1.29 is 4.74 Å². The predicted molar refractivity (Wildman–Crippen MR) is 65.0 cm³/mol. The number of hydrogen-bond acceptors (Lipinski definition) is 1. The normalized spacial score (nSPS) is 14.9. The summed E-state index contributed by atoms with van der Waals surface area (Å²) in [4.78, 5) is 0. The molecule has 0 radical (unpaired) electrons. The average Bonchev–Trinajstić information content (AvgIpc) is 2.27. The lowest BCUT2D eigenvalue weighted by Crippen LogP contribution is -2.20. The van der Waals surface area contributed by atoms with Gasteiger partial charge >= 0.3 is 0 Å². The van der Waals surface area contributed by atoms with Gasteiger partial charge in [-0.05, 0) is 31.2 Å². The standard InChI is InChI=1S/C14H22O/c1-4-10-15-13(3)12(2)11-14-8-6-5-7-9-14/h5-9,12-13H,4,10-11H2,1-3H3/t12?,13-/m0/s1. The molecule has 1 unspecified atom stereocenters. The van der Waals surface area contributed by atoms with Gasteiger partial charge in [0.15, 0.2) is 0 Å².